The number of aryl methyl sites for hydroxylation is 1. The number of carbonyl (C=O) groups is 1. The summed E-state index contributed by atoms with van der Waals surface area (Å²) in [7, 11) is 0. The molecule has 0 bridgehead atoms. The zero-order valence-electron chi connectivity index (χ0n) is 10.5. The highest BCUT2D eigenvalue weighted by Gasteiger charge is 2.24. The quantitative estimate of drug-likeness (QED) is 0.822. The second kappa shape index (κ2) is 5.32. The lowest BCUT2D eigenvalue weighted by atomic mass is 9.99. The summed E-state index contributed by atoms with van der Waals surface area (Å²) < 4.78 is 0. The van der Waals surface area contributed by atoms with Crippen LogP contribution in [0, 0.1) is 6.92 Å². The zero-order valence-corrected chi connectivity index (χ0v) is 10.5. The monoisotopic (exact) mass is 232 g/mol. The molecule has 1 fully saturated rings. The average molecular weight is 232 g/mol. The van der Waals surface area contributed by atoms with E-state index in [9.17, 15) is 4.79 Å². The van der Waals surface area contributed by atoms with Gasteiger partial charge in [0.15, 0.2) is 0 Å². The second-order valence-electron chi connectivity index (χ2n) is 4.86. The number of rotatable bonds is 2. The smallest absolute Gasteiger partial charge is 0.241 e. The average Bonchev–Trinajstić information content (AvgIpc) is 2.32. The fraction of sp³-hybridized carbons (Fsp3) is 0.500. The van der Waals surface area contributed by atoms with E-state index < -0.39 is 0 Å². The van der Waals surface area contributed by atoms with Crippen LogP contribution in [0.1, 0.15) is 31.7 Å². The highest BCUT2D eigenvalue weighted by atomic mass is 16.2. The van der Waals surface area contributed by atoms with E-state index in [0.29, 0.717) is 6.04 Å². The van der Waals surface area contributed by atoms with Crippen molar-refractivity contribution in [2.45, 2.75) is 45.2 Å². The van der Waals surface area contributed by atoms with E-state index in [4.69, 9.17) is 0 Å². The maximum absolute atomic E-state index is 12.1. The molecule has 2 unspecified atom stereocenters. The maximum Gasteiger partial charge on any atom is 0.241 e. The van der Waals surface area contributed by atoms with Gasteiger partial charge in [0.1, 0.15) is 0 Å². The summed E-state index contributed by atoms with van der Waals surface area (Å²) in [5.74, 6) is 0.0888. The summed E-state index contributed by atoms with van der Waals surface area (Å²) in [5, 5.41) is 6.34. The van der Waals surface area contributed by atoms with Crippen molar-refractivity contribution >= 4 is 11.6 Å². The van der Waals surface area contributed by atoms with Crippen molar-refractivity contribution in [3.8, 4) is 0 Å². The number of piperidine rings is 1. The summed E-state index contributed by atoms with van der Waals surface area (Å²) in [4.78, 5) is 12.1. The van der Waals surface area contributed by atoms with Gasteiger partial charge in [0, 0.05) is 11.7 Å². The van der Waals surface area contributed by atoms with Gasteiger partial charge in [0.25, 0.3) is 0 Å². The lowest BCUT2D eigenvalue weighted by Gasteiger charge is -2.28. The number of amides is 1. The Kier molecular flexibility index (Phi) is 3.79. The Morgan fingerprint density at radius 3 is 2.82 bits per heavy atom. The molecule has 1 saturated heterocycles. The molecule has 92 valence electrons. The van der Waals surface area contributed by atoms with Gasteiger partial charge >= 0.3 is 0 Å². The summed E-state index contributed by atoms with van der Waals surface area (Å²) >= 11 is 0. The molecule has 0 radical (unpaired) electrons. The van der Waals surface area contributed by atoms with Crippen molar-refractivity contribution in [3.05, 3.63) is 29.8 Å². The minimum Gasteiger partial charge on any atom is -0.324 e. The summed E-state index contributed by atoms with van der Waals surface area (Å²) in [5.41, 5.74) is 2.02. The van der Waals surface area contributed by atoms with Crippen LogP contribution >= 0.6 is 0 Å². The van der Waals surface area contributed by atoms with Crippen LogP contribution in [0.4, 0.5) is 5.69 Å². The van der Waals surface area contributed by atoms with E-state index in [1.54, 1.807) is 0 Å². The molecule has 1 aliphatic rings. The molecular weight excluding hydrogens is 212 g/mol. The third-order valence-corrected chi connectivity index (χ3v) is 3.34. The SMILES string of the molecule is Cc1ccccc1NC(=O)C1CCCC(C)N1. The van der Waals surface area contributed by atoms with E-state index in [1.165, 1.54) is 0 Å². The van der Waals surface area contributed by atoms with Gasteiger partial charge in [-0.1, -0.05) is 18.2 Å². The molecule has 1 heterocycles. The molecule has 0 aliphatic carbocycles. The first kappa shape index (κ1) is 12.1. The Morgan fingerprint density at radius 2 is 2.12 bits per heavy atom. The Morgan fingerprint density at radius 1 is 1.35 bits per heavy atom. The van der Waals surface area contributed by atoms with Crippen molar-refractivity contribution in [1.29, 1.82) is 0 Å². The van der Waals surface area contributed by atoms with Crippen LogP contribution in [-0.2, 0) is 4.79 Å². The molecule has 2 atom stereocenters. The Hall–Kier alpha value is -1.35. The molecule has 0 saturated carbocycles. The van der Waals surface area contributed by atoms with Crippen LogP contribution in [0.2, 0.25) is 0 Å². The van der Waals surface area contributed by atoms with Gasteiger partial charge in [0.2, 0.25) is 5.91 Å². The normalized spacial score (nSPS) is 24.4. The maximum atomic E-state index is 12.1. The number of nitrogens with one attached hydrogen (secondary N) is 2. The van der Waals surface area contributed by atoms with E-state index in [2.05, 4.69) is 17.6 Å². The number of benzene rings is 1. The molecule has 1 aromatic rings. The van der Waals surface area contributed by atoms with E-state index >= 15 is 0 Å². The summed E-state index contributed by atoms with van der Waals surface area (Å²) in [6, 6.07) is 8.27. The first-order valence-corrected chi connectivity index (χ1v) is 6.29. The Balaban J connectivity index is 1.99. The predicted molar refractivity (Wildman–Crippen MR) is 70.0 cm³/mol. The molecule has 0 spiro atoms. The van der Waals surface area contributed by atoms with Crippen LogP contribution < -0.4 is 10.6 Å². The van der Waals surface area contributed by atoms with Gasteiger partial charge in [-0.15, -0.1) is 0 Å². The van der Waals surface area contributed by atoms with E-state index in [1.807, 2.05) is 31.2 Å². The number of hydrogen-bond donors (Lipinski definition) is 2. The van der Waals surface area contributed by atoms with E-state index in [0.717, 1.165) is 30.5 Å². The first-order chi connectivity index (χ1) is 8.16. The number of anilines is 1. The van der Waals surface area contributed by atoms with E-state index in [-0.39, 0.29) is 11.9 Å². The molecule has 3 heteroatoms. The van der Waals surface area contributed by atoms with Crippen LogP contribution in [0.5, 0.6) is 0 Å². The number of para-hydroxylation sites is 1. The molecule has 2 rings (SSSR count). The largest absolute Gasteiger partial charge is 0.324 e. The lowest BCUT2D eigenvalue weighted by molar-refractivity contribution is -0.118. The van der Waals surface area contributed by atoms with Gasteiger partial charge in [0.05, 0.1) is 6.04 Å². The molecule has 3 nitrogen and oxygen atoms in total. The van der Waals surface area contributed by atoms with Crippen LogP contribution in [0.3, 0.4) is 0 Å². The van der Waals surface area contributed by atoms with Crippen molar-refractivity contribution in [2.75, 3.05) is 5.32 Å². The fourth-order valence-electron chi connectivity index (χ4n) is 2.28. The predicted octanol–water partition coefficient (Wildman–Crippen LogP) is 2.46. The molecule has 17 heavy (non-hydrogen) atoms. The minimum atomic E-state index is -0.0432. The lowest BCUT2D eigenvalue weighted by Crippen LogP contribution is -2.47. The molecule has 1 aliphatic heterocycles. The highest BCUT2D eigenvalue weighted by Crippen LogP contribution is 2.17. The third-order valence-electron chi connectivity index (χ3n) is 3.34. The highest BCUT2D eigenvalue weighted by molar-refractivity contribution is 5.95. The van der Waals surface area contributed by atoms with Crippen LogP contribution in [0.15, 0.2) is 24.3 Å². The molecule has 2 N–H and O–H groups in total. The van der Waals surface area contributed by atoms with Crippen LogP contribution in [0.25, 0.3) is 0 Å². The van der Waals surface area contributed by atoms with Crippen molar-refractivity contribution in [2.24, 2.45) is 0 Å². The zero-order chi connectivity index (χ0) is 12.3. The Bertz CT molecular complexity index is 403. The molecule has 0 aromatic heterocycles. The standard InChI is InChI=1S/C14H20N2O/c1-10-6-3-4-8-12(10)16-14(17)13-9-5-7-11(2)15-13/h3-4,6,8,11,13,15H,5,7,9H2,1-2H3,(H,16,17). The third kappa shape index (κ3) is 3.07. The van der Waals surface area contributed by atoms with Gasteiger partial charge in [-0.05, 0) is 44.7 Å². The Labute approximate surface area is 103 Å². The van der Waals surface area contributed by atoms with Gasteiger partial charge < -0.3 is 10.6 Å². The second-order valence-corrected chi connectivity index (χ2v) is 4.86. The molecule has 1 amide bonds. The van der Waals surface area contributed by atoms with Gasteiger partial charge in [-0.2, -0.15) is 0 Å². The first-order valence-electron chi connectivity index (χ1n) is 6.29. The van der Waals surface area contributed by atoms with Crippen molar-refractivity contribution < 1.29 is 4.79 Å². The summed E-state index contributed by atoms with van der Waals surface area (Å²) in [6.45, 7) is 4.14. The topological polar surface area (TPSA) is 41.1 Å². The molecule has 1 aromatic carbocycles. The van der Waals surface area contributed by atoms with Gasteiger partial charge in [-0.3, -0.25) is 4.79 Å². The number of carbonyl (C=O) groups excluding carboxylic acids is 1. The van der Waals surface area contributed by atoms with Gasteiger partial charge in [-0.25, -0.2) is 0 Å². The minimum absolute atomic E-state index is 0.0432. The summed E-state index contributed by atoms with van der Waals surface area (Å²) in [6.07, 6.45) is 3.22. The fourth-order valence-corrected chi connectivity index (χ4v) is 2.28. The molecular formula is C14H20N2O. The van der Waals surface area contributed by atoms with Crippen LogP contribution in [-0.4, -0.2) is 18.0 Å². The van der Waals surface area contributed by atoms with Crippen molar-refractivity contribution in [3.63, 3.8) is 0 Å². The van der Waals surface area contributed by atoms with Crippen molar-refractivity contribution in [1.82, 2.24) is 5.32 Å². The number of hydrogen-bond acceptors (Lipinski definition) is 2.